The van der Waals surface area contributed by atoms with Crippen LogP contribution in [0.15, 0.2) is 53.5 Å². The number of para-hydroxylation sites is 1. The maximum absolute atomic E-state index is 12.8. The molecule has 2 aromatic carbocycles. The van der Waals surface area contributed by atoms with Crippen molar-refractivity contribution in [3.05, 3.63) is 74.5 Å². The van der Waals surface area contributed by atoms with Crippen molar-refractivity contribution in [2.24, 2.45) is 0 Å². The topological polar surface area (TPSA) is 55.3 Å². The van der Waals surface area contributed by atoms with E-state index in [0.29, 0.717) is 34.2 Å². The van der Waals surface area contributed by atoms with Gasteiger partial charge in [-0.3, -0.25) is 9.47 Å². The van der Waals surface area contributed by atoms with Gasteiger partial charge in [0.05, 0.1) is 34.4 Å². The molecule has 1 heterocycles. The van der Waals surface area contributed by atoms with Crippen molar-refractivity contribution in [2.45, 2.75) is 19.6 Å². The van der Waals surface area contributed by atoms with Crippen LogP contribution < -0.4 is 16.2 Å². The van der Waals surface area contributed by atoms with Crippen LogP contribution in [0.1, 0.15) is 12.5 Å². The number of nitrogens with one attached hydrogen (secondary N) is 2. The van der Waals surface area contributed by atoms with Crippen LogP contribution in [0, 0.1) is 0 Å². The first-order valence-electron chi connectivity index (χ1n) is 8.58. The van der Waals surface area contributed by atoms with E-state index in [2.05, 4.69) is 10.7 Å². The van der Waals surface area contributed by atoms with Gasteiger partial charge in [0.25, 0.3) is 0 Å². The fourth-order valence-corrected chi connectivity index (χ4v) is 3.01. The van der Waals surface area contributed by atoms with Crippen molar-refractivity contribution in [2.75, 3.05) is 24.4 Å². The van der Waals surface area contributed by atoms with Gasteiger partial charge in [-0.2, -0.15) is 0 Å². The van der Waals surface area contributed by atoms with Crippen LogP contribution in [-0.4, -0.2) is 24.4 Å². The SMILES string of the molecule is COC(C)CNn1cc(NCc2ccc(Cl)c(Cl)c2)c(=O)c2ccccc21. The molecular formula is C20H21Cl2N3O2. The predicted octanol–water partition coefficient (Wildman–Crippen LogP) is 4.50. The van der Waals surface area contributed by atoms with Crippen LogP contribution >= 0.6 is 23.2 Å². The summed E-state index contributed by atoms with van der Waals surface area (Å²) in [4.78, 5) is 12.8. The van der Waals surface area contributed by atoms with Gasteiger partial charge in [0.1, 0.15) is 5.69 Å². The van der Waals surface area contributed by atoms with Gasteiger partial charge in [-0.1, -0.05) is 41.4 Å². The van der Waals surface area contributed by atoms with Crippen molar-refractivity contribution in [3.8, 4) is 0 Å². The molecule has 1 atom stereocenters. The summed E-state index contributed by atoms with van der Waals surface area (Å²) in [5, 5.41) is 4.83. The molecule has 0 amide bonds. The van der Waals surface area contributed by atoms with Gasteiger partial charge in [-0.15, -0.1) is 0 Å². The second-order valence-corrected chi connectivity index (χ2v) is 7.08. The molecule has 0 aliphatic carbocycles. The van der Waals surface area contributed by atoms with E-state index in [1.165, 1.54) is 0 Å². The highest BCUT2D eigenvalue weighted by Crippen LogP contribution is 2.23. The van der Waals surface area contributed by atoms with Crippen LogP contribution in [0.2, 0.25) is 10.0 Å². The Hall–Kier alpha value is -2.21. The lowest BCUT2D eigenvalue weighted by Crippen LogP contribution is -2.27. The van der Waals surface area contributed by atoms with E-state index < -0.39 is 0 Å². The molecule has 0 saturated heterocycles. The number of pyridine rings is 1. The summed E-state index contributed by atoms with van der Waals surface area (Å²) in [7, 11) is 1.67. The first kappa shape index (κ1) is 19.5. The van der Waals surface area contributed by atoms with Crippen LogP contribution in [0.25, 0.3) is 10.9 Å². The largest absolute Gasteiger partial charge is 0.380 e. The molecule has 3 rings (SSSR count). The summed E-state index contributed by atoms with van der Waals surface area (Å²) in [6.45, 7) is 3.04. The Balaban J connectivity index is 1.90. The van der Waals surface area contributed by atoms with Gasteiger partial charge in [0.2, 0.25) is 5.43 Å². The fourth-order valence-electron chi connectivity index (χ4n) is 2.69. The Morgan fingerprint density at radius 1 is 1.15 bits per heavy atom. The number of fused-ring (bicyclic) bond motifs is 1. The molecule has 1 aromatic heterocycles. The zero-order chi connectivity index (χ0) is 19.4. The molecule has 0 spiro atoms. The highest BCUT2D eigenvalue weighted by Gasteiger charge is 2.10. The number of hydrogen-bond donors (Lipinski definition) is 2. The second-order valence-electron chi connectivity index (χ2n) is 6.27. The van der Waals surface area contributed by atoms with Crippen LogP contribution in [0.3, 0.4) is 0 Å². The minimum atomic E-state index is -0.0523. The van der Waals surface area contributed by atoms with Crippen molar-refractivity contribution < 1.29 is 4.74 Å². The van der Waals surface area contributed by atoms with Crippen molar-refractivity contribution in [1.29, 1.82) is 0 Å². The van der Waals surface area contributed by atoms with Crippen LogP contribution in [0.5, 0.6) is 0 Å². The van der Waals surface area contributed by atoms with Gasteiger partial charge in [0, 0.05) is 19.0 Å². The lowest BCUT2D eigenvalue weighted by molar-refractivity contribution is 0.126. The minimum Gasteiger partial charge on any atom is -0.380 e. The van der Waals surface area contributed by atoms with E-state index in [0.717, 1.165) is 11.1 Å². The summed E-state index contributed by atoms with van der Waals surface area (Å²) in [6, 6.07) is 12.9. The average Bonchev–Trinajstić information content (AvgIpc) is 2.69. The third-order valence-corrected chi connectivity index (χ3v) is 5.07. The van der Waals surface area contributed by atoms with Gasteiger partial charge in [-0.05, 0) is 36.8 Å². The molecule has 0 bridgehead atoms. The Labute approximate surface area is 167 Å². The molecule has 2 N–H and O–H groups in total. The second kappa shape index (κ2) is 8.65. The highest BCUT2D eigenvalue weighted by atomic mass is 35.5. The molecule has 3 aromatic rings. The average molecular weight is 406 g/mol. The van der Waals surface area contributed by atoms with E-state index in [-0.39, 0.29) is 11.5 Å². The van der Waals surface area contributed by atoms with Gasteiger partial charge in [0.15, 0.2) is 0 Å². The summed E-state index contributed by atoms with van der Waals surface area (Å²) in [6.07, 6.45) is 1.81. The number of halogens is 2. The molecule has 1 unspecified atom stereocenters. The number of methoxy groups -OCH3 is 1. The van der Waals surface area contributed by atoms with Gasteiger partial charge in [-0.25, -0.2) is 0 Å². The molecule has 5 nitrogen and oxygen atoms in total. The first-order valence-corrected chi connectivity index (χ1v) is 9.34. The van der Waals surface area contributed by atoms with Gasteiger partial charge >= 0.3 is 0 Å². The van der Waals surface area contributed by atoms with Crippen molar-refractivity contribution in [3.63, 3.8) is 0 Å². The molecule has 0 aliphatic heterocycles. The molecule has 0 aliphatic rings. The number of anilines is 1. The third kappa shape index (κ3) is 4.56. The zero-order valence-corrected chi connectivity index (χ0v) is 16.6. The van der Waals surface area contributed by atoms with Crippen LogP contribution in [-0.2, 0) is 11.3 Å². The third-order valence-electron chi connectivity index (χ3n) is 4.33. The number of nitrogens with zero attached hydrogens (tertiary/aromatic N) is 1. The van der Waals surface area contributed by atoms with Crippen molar-refractivity contribution >= 4 is 39.8 Å². The highest BCUT2D eigenvalue weighted by molar-refractivity contribution is 6.42. The quantitative estimate of drug-likeness (QED) is 0.607. The Morgan fingerprint density at radius 2 is 1.93 bits per heavy atom. The lowest BCUT2D eigenvalue weighted by Gasteiger charge is -2.18. The summed E-state index contributed by atoms with van der Waals surface area (Å²) in [5.74, 6) is 0. The number of ether oxygens (including phenoxy) is 1. The Kier molecular flexibility index (Phi) is 6.26. The Bertz CT molecular complexity index is 1000. The van der Waals surface area contributed by atoms with Gasteiger partial charge < -0.3 is 15.5 Å². The normalized spacial score (nSPS) is 12.1. The molecule has 7 heteroatoms. The molecule has 0 radical (unpaired) electrons. The molecule has 0 fully saturated rings. The molecular weight excluding hydrogens is 385 g/mol. The maximum atomic E-state index is 12.8. The fraction of sp³-hybridized carbons (Fsp3) is 0.250. The summed E-state index contributed by atoms with van der Waals surface area (Å²) >= 11 is 12.0. The van der Waals surface area contributed by atoms with E-state index in [4.69, 9.17) is 27.9 Å². The zero-order valence-electron chi connectivity index (χ0n) is 15.1. The summed E-state index contributed by atoms with van der Waals surface area (Å²) in [5.41, 5.74) is 5.49. The lowest BCUT2D eigenvalue weighted by atomic mass is 10.2. The number of hydrogen-bond acceptors (Lipinski definition) is 4. The van der Waals surface area contributed by atoms with E-state index in [1.807, 2.05) is 41.9 Å². The number of rotatable bonds is 7. The number of aromatic nitrogens is 1. The molecule has 142 valence electrons. The minimum absolute atomic E-state index is 0.0378. The smallest absolute Gasteiger partial charge is 0.212 e. The predicted molar refractivity (Wildman–Crippen MR) is 113 cm³/mol. The first-order chi connectivity index (χ1) is 13.0. The monoisotopic (exact) mass is 405 g/mol. The number of benzene rings is 2. The maximum Gasteiger partial charge on any atom is 0.212 e. The van der Waals surface area contributed by atoms with Crippen LogP contribution in [0.4, 0.5) is 5.69 Å². The van der Waals surface area contributed by atoms with E-state index >= 15 is 0 Å². The Morgan fingerprint density at radius 3 is 2.67 bits per heavy atom. The molecule has 27 heavy (non-hydrogen) atoms. The van der Waals surface area contributed by atoms with E-state index in [1.54, 1.807) is 25.4 Å². The summed E-state index contributed by atoms with van der Waals surface area (Å²) < 4.78 is 7.14. The van der Waals surface area contributed by atoms with Crippen molar-refractivity contribution in [1.82, 2.24) is 4.68 Å². The standard InChI is InChI=1S/C20H21Cl2N3O2/c1-13(27-2)10-24-25-12-18(20(26)15-5-3-4-6-19(15)25)23-11-14-7-8-16(21)17(22)9-14/h3-9,12-13,23-24H,10-11H2,1-2H3. The molecule has 0 saturated carbocycles. The van der Waals surface area contributed by atoms with E-state index in [9.17, 15) is 4.79 Å².